The van der Waals surface area contributed by atoms with Gasteiger partial charge in [-0.15, -0.1) is 0 Å². The molecule has 254 valence electrons. The fourth-order valence-electron chi connectivity index (χ4n) is 6.05. The van der Waals surface area contributed by atoms with E-state index in [1.807, 2.05) is 32.1 Å². The van der Waals surface area contributed by atoms with E-state index in [1.165, 1.54) is 19.1 Å². The highest BCUT2D eigenvalue weighted by Crippen LogP contribution is 2.49. The minimum Gasteiger partial charge on any atom is -0.495 e. The second-order valence-corrected chi connectivity index (χ2v) is 13.2. The third-order valence-electron chi connectivity index (χ3n) is 9.32. The number of nitrogens with zero attached hydrogens (tertiary/aromatic N) is 2. The molecule has 4 bridgehead atoms. The van der Waals surface area contributed by atoms with E-state index in [0.717, 1.165) is 11.1 Å². The van der Waals surface area contributed by atoms with Gasteiger partial charge in [0.1, 0.15) is 40.7 Å². The number of fused-ring (bicyclic) bond motifs is 5. The van der Waals surface area contributed by atoms with E-state index >= 15 is 0 Å². The monoisotopic (exact) mass is 663 g/mol. The number of alkyl carbamates (subject to hydrolysis) is 1. The molecule has 0 radical (unpaired) electrons. The van der Waals surface area contributed by atoms with Gasteiger partial charge in [0, 0.05) is 26.5 Å². The highest BCUT2D eigenvalue weighted by atomic mass is 35.5. The molecule has 8 unspecified atom stereocenters. The van der Waals surface area contributed by atoms with Crippen LogP contribution in [0.4, 0.5) is 10.5 Å². The first kappa shape index (κ1) is 35.7. The lowest BCUT2D eigenvalue weighted by molar-refractivity contribution is -0.158. The first-order valence-corrected chi connectivity index (χ1v) is 15.7. The zero-order valence-electron chi connectivity index (χ0n) is 28.0. The number of amides is 2. The molecular weight excluding hydrogens is 618 g/mol. The second kappa shape index (κ2) is 13.9. The van der Waals surface area contributed by atoms with Gasteiger partial charge in [-0.3, -0.25) is 19.8 Å². The Morgan fingerprint density at radius 1 is 1.26 bits per heavy atom. The molecule has 0 aliphatic carbocycles. The number of hydrogen-bond acceptors (Lipinski definition) is 10. The number of benzene rings is 1. The van der Waals surface area contributed by atoms with Crippen molar-refractivity contribution in [2.24, 2.45) is 5.92 Å². The Hall–Kier alpha value is -3.16. The Morgan fingerprint density at radius 3 is 2.59 bits per heavy atom. The van der Waals surface area contributed by atoms with Gasteiger partial charge in [0.05, 0.1) is 25.3 Å². The lowest BCUT2D eigenvalue weighted by Gasteiger charge is -2.42. The Morgan fingerprint density at radius 2 is 1.96 bits per heavy atom. The number of anilines is 1. The summed E-state index contributed by atoms with van der Waals surface area (Å²) in [7, 11) is 8.07. The zero-order valence-corrected chi connectivity index (χ0v) is 28.7. The maximum absolute atomic E-state index is 13.9. The van der Waals surface area contributed by atoms with Gasteiger partial charge >= 0.3 is 12.1 Å². The van der Waals surface area contributed by atoms with E-state index < -0.39 is 59.8 Å². The Bertz CT molecular complexity index is 1400. The normalized spacial score (nSPS) is 32.6. The highest BCUT2D eigenvalue weighted by molar-refractivity contribution is 6.35. The highest BCUT2D eigenvalue weighted by Gasteiger charge is 2.64. The molecule has 2 amide bonds. The summed E-state index contributed by atoms with van der Waals surface area (Å²) in [6.45, 7) is 7.25. The smallest absolute Gasteiger partial charge is 0.409 e. The summed E-state index contributed by atoms with van der Waals surface area (Å²) >= 11 is 6.71. The summed E-state index contributed by atoms with van der Waals surface area (Å²) in [6, 6.07) is 3.04. The van der Waals surface area contributed by atoms with E-state index in [0.29, 0.717) is 17.9 Å². The quantitative estimate of drug-likeness (QED) is 0.355. The Balaban J connectivity index is 1.80. The van der Waals surface area contributed by atoms with Crippen molar-refractivity contribution in [1.29, 1.82) is 0 Å². The number of halogens is 1. The number of ether oxygens (including phenoxy) is 5. The molecule has 8 atom stereocenters. The van der Waals surface area contributed by atoms with Crippen LogP contribution in [-0.4, -0.2) is 105 Å². The van der Waals surface area contributed by atoms with Crippen molar-refractivity contribution in [3.05, 3.63) is 46.5 Å². The summed E-state index contributed by atoms with van der Waals surface area (Å²) in [4.78, 5) is 43.0. The third-order valence-corrected chi connectivity index (χ3v) is 9.70. The van der Waals surface area contributed by atoms with Crippen LogP contribution in [0.15, 0.2) is 35.9 Å². The summed E-state index contributed by atoms with van der Waals surface area (Å²) in [5.74, 6) is -0.933. The third kappa shape index (κ3) is 7.36. The van der Waals surface area contributed by atoms with Gasteiger partial charge in [0.25, 0.3) is 0 Å². The lowest BCUT2D eigenvalue weighted by atomic mass is 9.83. The summed E-state index contributed by atoms with van der Waals surface area (Å²) in [5.41, 5.74) is -0.642. The van der Waals surface area contributed by atoms with Gasteiger partial charge in [0.15, 0.2) is 5.72 Å². The van der Waals surface area contributed by atoms with Gasteiger partial charge in [-0.25, -0.2) is 4.79 Å². The molecule has 0 saturated carbocycles. The molecule has 2 fully saturated rings. The number of allylic oxidation sites excluding steroid dienone is 3. The van der Waals surface area contributed by atoms with Crippen LogP contribution < -0.4 is 15.0 Å². The topological polar surface area (TPSA) is 139 Å². The van der Waals surface area contributed by atoms with E-state index in [4.69, 9.17) is 35.3 Å². The molecule has 3 aliphatic heterocycles. The van der Waals surface area contributed by atoms with Crippen LogP contribution in [0, 0.1) is 5.92 Å². The Kier molecular flexibility index (Phi) is 10.8. The number of aliphatic hydroxyl groups is 1. The minimum atomic E-state index is -1.78. The van der Waals surface area contributed by atoms with Crippen molar-refractivity contribution in [2.45, 2.75) is 88.7 Å². The van der Waals surface area contributed by atoms with Crippen LogP contribution in [0.25, 0.3) is 0 Å². The summed E-state index contributed by atoms with van der Waals surface area (Å²) < 4.78 is 29.0. The number of methoxy groups -OCH3 is 2. The largest absolute Gasteiger partial charge is 0.495 e. The fourth-order valence-corrected chi connectivity index (χ4v) is 6.37. The minimum absolute atomic E-state index is 0.00466. The molecule has 0 aromatic heterocycles. The molecule has 2 saturated heterocycles. The van der Waals surface area contributed by atoms with E-state index in [2.05, 4.69) is 5.32 Å². The van der Waals surface area contributed by atoms with Crippen LogP contribution in [0.2, 0.25) is 5.02 Å². The molecule has 3 heterocycles. The van der Waals surface area contributed by atoms with Gasteiger partial charge in [-0.2, -0.15) is 0 Å². The lowest BCUT2D eigenvalue weighted by Crippen LogP contribution is -2.63. The maximum Gasteiger partial charge on any atom is 0.409 e. The molecule has 2 N–H and O–H groups in total. The SMILES string of the molecule is COc1cc2cc(c1Cl)N(C)C(=O)CC(OC(=O)C(C)N(C)C)C1(C)OC1C(C)C1CC(O)(NC(=O)O1)C(OC)C=CC=C(C)C2. The van der Waals surface area contributed by atoms with E-state index in [1.54, 1.807) is 52.0 Å². The molecule has 0 spiro atoms. The second-order valence-electron chi connectivity index (χ2n) is 12.9. The predicted octanol–water partition coefficient (Wildman–Crippen LogP) is 3.62. The zero-order chi connectivity index (χ0) is 34.1. The van der Waals surface area contributed by atoms with Crippen LogP contribution >= 0.6 is 11.6 Å². The van der Waals surface area contributed by atoms with Gasteiger partial charge in [-0.05, 0) is 59.0 Å². The van der Waals surface area contributed by atoms with Crippen molar-refractivity contribution in [3.8, 4) is 5.75 Å². The number of carbonyl (C=O) groups excluding carboxylic acids is 3. The van der Waals surface area contributed by atoms with Gasteiger partial charge in [-0.1, -0.05) is 42.3 Å². The van der Waals surface area contributed by atoms with Crippen molar-refractivity contribution in [1.82, 2.24) is 10.2 Å². The van der Waals surface area contributed by atoms with E-state index in [-0.39, 0.29) is 23.8 Å². The van der Waals surface area contributed by atoms with Gasteiger partial charge < -0.3 is 33.7 Å². The first-order chi connectivity index (χ1) is 21.5. The van der Waals surface area contributed by atoms with Crippen molar-refractivity contribution in [3.63, 3.8) is 0 Å². The molecule has 3 aliphatic rings. The number of nitrogens with one attached hydrogen (secondary N) is 1. The Labute approximate surface area is 275 Å². The number of hydrogen-bond donors (Lipinski definition) is 2. The average Bonchev–Trinajstić information content (AvgIpc) is 3.69. The van der Waals surface area contributed by atoms with Crippen molar-refractivity contribution >= 4 is 35.3 Å². The molecule has 1 aromatic rings. The molecule has 12 nitrogen and oxygen atoms in total. The maximum atomic E-state index is 13.9. The number of epoxide rings is 1. The number of carbonyl (C=O) groups is 3. The van der Waals surface area contributed by atoms with Crippen molar-refractivity contribution in [2.75, 3.05) is 40.3 Å². The molecule has 46 heavy (non-hydrogen) atoms. The van der Waals surface area contributed by atoms with Gasteiger partial charge in [0.2, 0.25) is 5.91 Å². The molecule has 13 heteroatoms. The first-order valence-electron chi connectivity index (χ1n) is 15.3. The summed E-state index contributed by atoms with van der Waals surface area (Å²) in [5, 5.41) is 14.4. The number of rotatable bonds is 5. The number of esters is 1. The molecule has 1 aromatic carbocycles. The van der Waals surface area contributed by atoms with E-state index in [9.17, 15) is 19.5 Å². The van der Waals surface area contributed by atoms with Crippen LogP contribution in [0.3, 0.4) is 0 Å². The standard InChI is InChI=1S/C33H46ClN3O9/c1-18-11-10-12-25(43-9)33(41)17-24(44-31(40)35-33)19(2)29-32(4,46-29)26(45-30(39)20(3)36(5)6)16-27(38)37(7)22-14-21(13-18)15-23(42-8)28(22)34/h10-12,14-15,19-20,24-26,29,41H,13,16-17H2,1-9H3,(H,35,40). The predicted molar refractivity (Wildman–Crippen MR) is 172 cm³/mol. The van der Waals surface area contributed by atoms with Crippen LogP contribution in [-0.2, 0) is 35.0 Å². The average molecular weight is 664 g/mol. The summed E-state index contributed by atoms with van der Waals surface area (Å²) in [6.07, 6.45) is 1.53. The molecular formula is C33H46ClN3O9. The van der Waals surface area contributed by atoms with Crippen LogP contribution in [0.5, 0.6) is 5.75 Å². The van der Waals surface area contributed by atoms with Crippen LogP contribution in [0.1, 0.15) is 46.1 Å². The fraction of sp³-hybridized carbons (Fsp3) is 0.606. The van der Waals surface area contributed by atoms with Crippen molar-refractivity contribution < 1.29 is 43.2 Å². The molecule has 4 rings (SSSR count). The number of likely N-dealkylation sites (N-methyl/N-ethyl adjacent to an activating group) is 1.